The fourth-order valence-corrected chi connectivity index (χ4v) is 3.51. The number of anilines is 2. The Morgan fingerprint density at radius 2 is 1.93 bits per heavy atom. The van der Waals surface area contributed by atoms with Crippen LogP contribution in [0.3, 0.4) is 0 Å². The van der Waals surface area contributed by atoms with E-state index in [0.29, 0.717) is 5.56 Å². The van der Waals surface area contributed by atoms with Crippen molar-refractivity contribution in [2.75, 3.05) is 30.9 Å². The van der Waals surface area contributed by atoms with Gasteiger partial charge in [0.1, 0.15) is 11.5 Å². The zero-order valence-electron chi connectivity index (χ0n) is 22.0. The third-order valence-electron chi connectivity index (χ3n) is 5.55. The van der Waals surface area contributed by atoms with Gasteiger partial charge in [0.05, 0.1) is 36.2 Å². The standard InChI is InChI=1S/C27H27F3N6O4/c1-4-40-25(38)11-13-36-17-19(7-10-24(36)37)26(39)35(3)23-9-8-20(16-33-23)34-22(27(28,29)30)14-21(31-2)18-6-5-12-32-15-18/h5-10,12,14-17,34H,4,11,13H2,1-3H3/b22-14-,31-21?. The van der Waals surface area contributed by atoms with Crippen LogP contribution in [-0.4, -0.2) is 59.0 Å². The first-order chi connectivity index (χ1) is 19.0. The van der Waals surface area contributed by atoms with Crippen LogP contribution in [-0.2, 0) is 16.1 Å². The molecule has 0 aromatic carbocycles. The number of hydrogen-bond acceptors (Lipinski definition) is 8. The Morgan fingerprint density at radius 1 is 1.15 bits per heavy atom. The number of allylic oxidation sites excluding steroid dienone is 2. The summed E-state index contributed by atoms with van der Waals surface area (Å²) in [6.07, 6.45) is 1.50. The molecule has 1 N–H and O–H groups in total. The number of alkyl halides is 3. The van der Waals surface area contributed by atoms with Gasteiger partial charge < -0.3 is 14.6 Å². The molecule has 3 aromatic rings. The summed E-state index contributed by atoms with van der Waals surface area (Å²) in [4.78, 5) is 49.9. The molecular weight excluding hydrogens is 529 g/mol. The van der Waals surface area contributed by atoms with Gasteiger partial charge in [-0.15, -0.1) is 0 Å². The van der Waals surface area contributed by atoms with Gasteiger partial charge in [-0.1, -0.05) is 0 Å². The molecule has 10 nitrogen and oxygen atoms in total. The second kappa shape index (κ2) is 13.3. The van der Waals surface area contributed by atoms with Crippen molar-refractivity contribution in [3.05, 3.63) is 94.4 Å². The van der Waals surface area contributed by atoms with Crippen molar-refractivity contribution in [1.82, 2.24) is 14.5 Å². The van der Waals surface area contributed by atoms with Gasteiger partial charge in [-0.25, -0.2) is 4.98 Å². The van der Waals surface area contributed by atoms with Crippen LogP contribution in [0, 0.1) is 0 Å². The van der Waals surface area contributed by atoms with Gasteiger partial charge in [-0.05, 0) is 43.3 Å². The first kappa shape index (κ1) is 29.7. The molecule has 0 saturated heterocycles. The molecule has 3 aromatic heterocycles. The summed E-state index contributed by atoms with van der Waals surface area (Å²) in [5.74, 6) is -0.835. The summed E-state index contributed by atoms with van der Waals surface area (Å²) in [6, 6.07) is 8.45. The third kappa shape index (κ3) is 7.85. The minimum absolute atomic E-state index is 0.0292. The smallest absolute Gasteiger partial charge is 0.431 e. The molecule has 0 unspecified atom stereocenters. The number of ether oxygens (including phenoxy) is 1. The number of carbonyl (C=O) groups excluding carboxylic acids is 2. The van der Waals surface area contributed by atoms with Crippen LogP contribution in [0.5, 0.6) is 0 Å². The number of pyridine rings is 3. The Morgan fingerprint density at radius 3 is 2.52 bits per heavy atom. The minimum atomic E-state index is -4.72. The number of nitrogens with one attached hydrogen (secondary N) is 1. The number of aromatic nitrogens is 3. The van der Waals surface area contributed by atoms with Crippen molar-refractivity contribution >= 4 is 29.1 Å². The second-order valence-corrected chi connectivity index (χ2v) is 8.30. The Bertz CT molecular complexity index is 1450. The summed E-state index contributed by atoms with van der Waals surface area (Å²) in [5.41, 5.74) is -0.798. The van der Waals surface area contributed by atoms with E-state index in [1.54, 1.807) is 19.1 Å². The van der Waals surface area contributed by atoms with E-state index in [2.05, 4.69) is 20.3 Å². The molecule has 0 fully saturated rings. The molecule has 0 atom stereocenters. The number of hydrogen-bond donors (Lipinski definition) is 1. The molecule has 210 valence electrons. The van der Waals surface area contributed by atoms with E-state index in [4.69, 9.17) is 4.74 Å². The maximum Gasteiger partial charge on any atom is 0.431 e. The summed E-state index contributed by atoms with van der Waals surface area (Å²) >= 11 is 0. The van der Waals surface area contributed by atoms with Gasteiger partial charge in [0, 0.05) is 50.9 Å². The number of amides is 1. The first-order valence-electron chi connectivity index (χ1n) is 12.1. The fourth-order valence-electron chi connectivity index (χ4n) is 3.51. The zero-order chi connectivity index (χ0) is 29.3. The molecule has 0 aliphatic carbocycles. The molecular formula is C27H27F3N6O4. The number of aliphatic imine (C=N–C) groups is 1. The maximum atomic E-state index is 13.8. The molecule has 0 aliphatic heterocycles. The predicted molar refractivity (Wildman–Crippen MR) is 143 cm³/mol. The van der Waals surface area contributed by atoms with Crippen LogP contribution < -0.4 is 15.8 Å². The average Bonchev–Trinajstić information content (AvgIpc) is 2.94. The molecule has 40 heavy (non-hydrogen) atoms. The van der Waals surface area contributed by atoms with Crippen LogP contribution in [0.2, 0.25) is 0 Å². The van der Waals surface area contributed by atoms with Crippen molar-refractivity contribution in [1.29, 1.82) is 0 Å². The molecule has 3 heterocycles. The quantitative estimate of drug-likeness (QED) is 0.298. The normalized spacial score (nSPS) is 12.2. The van der Waals surface area contributed by atoms with Crippen molar-refractivity contribution in [2.24, 2.45) is 4.99 Å². The SMILES string of the molecule is CCOC(=O)CCn1cc(C(=O)N(C)c2ccc(N/C(=C\C(=NC)c3cccnc3)C(F)(F)F)cn2)ccc1=O. The number of aryl methyl sites for hydroxylation is 1. The van der Waals surface area contributed by atoms with Gasteiger partial charge in [0.2, 0.25) is 0 Å². The van der Waals surface area contributed by atoms with Crippen molar-refractivity contribution in [2.45, 2.75) is 26.1 Å². The van der Waals surface area contributed by atoms with Crippen LogP contribution in [0.1, 0.15) is 29.3 Å². The molecule has 3 rings (SSSR count). The van der Waals surface area contributed by atoms with Crippen LogP contribution in [0.25, 0.3) is 0 Å². The lowest BCUT2D eigenvalue weighted by molar-refractivity contribution is -0.143. The maximum absolute atomic E-state index is 13.8. The van der Waals surface area contributed by atoms with Crippen LogP contribution in [0.15, 0.2) is 82.7 Å². The van der Waals surface area contributed by atoms with Crippen LogP contribution >= 0.6 is 0 Å². The highest BCUT2D eigenvalue weighted by atomic mass is 19.4. The van der Waals surface area contributed by atoms with E-state index in [-0.39, 0.29) is 42.4 Å². The fraction of sp³-hybridized carbons (Fsp3) is 0.259. The highest BCUT2D eigenvalue weighted by Crippen LogP contribution is 2.28. The van der Waals surface area contributed by atoms with Gasteiger partial charge in [0.15, 0.2) is 0 Å². The lowest BCUT2D eigenvalue weighted by Crippen LogP contribution is -2.29. The Balaban J connectivity index is 1.77. The topological polar surface area (TPSA) is 119 Å². The van der Waals surface area contributed by atoms with Crippen molar-refractivity contribution in [3.63, 3.8) is 0 Å². The second-order valence-electron chi connectivity index (χ2n) is 8.30. The number of carbonyl (C=O) groups is 2. The number of nitrogens with zero attached hydrogens (tertiary/aromatic N) is 5. The lowest BCUT2D eigenvalue weighted by Gasteiger charge is -2.18. The van der Waals surface area contributed by atoms with Gasteiger partial charge in [-0.2, -0.15) is 13.2 Å². The van der Waals surface area contributed by atoms with Crippen LogP contribution in [0.4, 0.5) is 24.7 Å². The third-order valence-corrected chi connectivity index (χ3v) is 5.55. The van der Waals surface area contributed by atoms with E-state index in [1.165, 1.54) is 66.4 Å². The monoisotopic (exact) mass is 556 g/mol. The minimum Gasteiger partial charge on any atom is -0.466 e. The molecule has 0 aliphatic rings. The highest BCUT2D eigenvalue weighted by molar-refractivity contribution is 6.09. The molecule has 0 saturated carbocycles. The van der Waals surface area contributed by atoms with E-state index in [0.717, 1.165) is 12.3 Å². The average molecular weight is 557 g/mol. The highest BCUT2D eigenvalue weighted by Gasteiger charge is 2.34. The van der Waals surface area contributed by atoms with E-state index >= 15 is 0 Å². The summed E-state index contributed by atoms with van der Waals surface area (Å²) in [7, 11) is 2.81. The lowest BCUT2D eigenvalue weighted by atomic mass is 10.1. The molecule has 0 spiro atoms. The summed E-state index contributed by atoms with van der Waals surface area (Å²) in [5, 5.41) is 2.32. The number of halogens is 3. The van der Waals surface area contributed by atoms with Gasteiger partial charge in [0.25, 0.3) is 11.5 Å². The first-order valence-corrected chi connectivity index (χ1v) is 12.1. The summed E-state index contributed by atoms with van der Waals surface area (Å²) in [6.45, 7) is 1.91. The number of rotatable bonds is 10. The van der Waals surface area contributed by atoms with Crippen molar-refractivity contribution < 1.29 is 27.5 Å². The van der Waals surface area contributed by atoms with Crippen molar-refractivity contribution in [3.8, 4) is 0 Å². The zero-order valence-corrected chi connectivity index (χ0v) is 22.0. The summed E-state index contributed by atoms with van der Waals surface area (Å²) < 4.78 is 47.5. The Kier molecular flexibility index (Phi) is 9.90. The van der Waals surface area contributed by atoms with Gasteiger partial charge in [-0.3, -0.25) is 29.3 Å². The molecule has 0 bridgehead atoms. The molecule has 0 radical (unpaired) electrons. The van der Waals surface area contributed by atoms with E-state index in [1.807, 2.05) is 0 Å². The predicted octanol–water partition coefficient (Wildman–Crippen LogP) is 3.85. The molecule has 13 heteroatoms. The largest absolute Gasteiger partial charge is 0.466 e. The molecule has 1 amide bonds. The van der Waals surface area contributed by atoms with E-state index in [9.17, 15) is 27.6 Å². The van der Waals surface area contributed by atoms with Gasteiger partial charge >= 0.3 is 12.1 Å². The number of esters is 1. The Labute approximate surface area is 227 Å². The van der Waals surface area contributed by atoms with E-state index < -0.39 is 29.3 Å². The Hall–Kier alpha value is -4.81.